The van der Waals surface area contributed by atoms with Crippen molar-refractivity contribution in [3.05, 3.63) is 34.9 Å². The van der Waals surface area contributed by atoms with E-state index in [2.05, 4.69) is 24.2 Å². The van der Waals surface area contributed by atoms with E-state index in [1.165, 1.54) is 30.4 Å². The van der Waals surface area contributed by atoms with Gasteiger partial charge < -0.3 is 10.3 Å². The Morgan fingerprint density at radius 3 is 2.90 bits per heavy atom. The molecule has 0 spiro atoms. The third kappa shape index (κ3) is 2.05. The molecule has 20 heavy (non-hydrogen) atoms. The molecule has 0 aliphatic heterocycles. The number of rotatable bonds is 1. The number of oxime groups is 1. The summed E-state index contributed by atoms with van der Waals surface area (Å²) in [5.74, 6) is 0.373. The minimum Gasteiger partial charge on any atom is -0.411 e. The van der Waals surface area contributed by atoms with Crippen molar-refractivity contribution in [2.75, 3.05) is 0 Å². The van der Waals surface area contributed by atoms with E-state index in [-0.39, 0.29) is 12.0 Å². The molecule has 2 N–H and O–H groups in total. The number of hydrogen-bond acceptors (Lipinski definition) is 3. The minimum absolute atomic E-state index is 0.0678. The first kappa shape index (κ1) is 13.6. The maximum Gasteiger partial charge on any atom is 0.0707 e. The van der Waals surface area contributed by atoms with Crippen molar-refractivity contribution in [3.63, 3.8) is 0 Å². The molecule has 0 aromatic heterocycles. The van der Waals surface area contributed by atoms with E-state index in [4.69, 9.17) is 0 Å². The van der Waals surface area contributed by atoms with Gasteiger partial charge in [0, 0.05) is 11.3 Å². The fourth-order valence-electron chi connectivity index (χ4n) is 4.10. The van der Waals surface area contributed by atoms with Gasteiger partial charge in [0.1, 0.15) is 0 Å². The van der Waals surface area contributed by atoms with Crippen molar-refractivity contribution in [2.24, 2.45) is 11.1 Å². The van der Waals surface area contributed by atoms with E-state index < -0.39 is 0 Å². The fourth-order valence-corrected chi connectivity index (χ4v) is 4.10. The Morgan fingerprint density at radius 2 is 2.15 bits per heavy atom. The molecule has 2 aliphatic rings. The van der Waals surface area contributed by atoms with E-state index in [9.17, 15) is 10.3 Å². The van der Waals surface area contributed by atoms with Gasteiger partial charge in [-0.2, -0.15) is 0 Å². The minimum atomic E-state index is -0.168. The van der Waals surface area contributed by atoms with E-state index in [1.807, 2.05) is 6.07 Å². The van der Waals surface area contributed by atoms with Crippen molar-refractivity contribution >= 4 is 5.71 Å². The molecule has 2 atom stereocenters. The first-order valence-electron chi connectivity index (χ1n) is 7.64. The summed E-state index contributed by atoms with van der Waals surface area (Å²) in [6.45, 7) is 2.28. The van der Waals surface area contributed by atoms with Gasteiger partial charge in [0.15, 0.2) is 0 Å². The van der Waals surface area contributed by atoms with Gasteiger partial charge >= 0.3 is 0 Å². The predicted molar refractivity (Wildman–Crippen MR) is 79.2 cm³/mol. The van der Waals surface area contributed by atoms with E-state index in [0.29, 0.717) is 5.92 Å². The maximum atomic E-state index is 9.57. The maximum absolute atomic E-state index is 9.57. The molecule has 0 radical (unpaired) electrons. The molecule has 0 amide bonds. The summed E-state index contributed by atoms with van der Waals surface area (Å²) in [6, 6.07) is 6.28. The Morgan fingerprint density at radius 1 is 1.30 bits per heavy atom. The van der Waals surface area contributed by atoms with Crippen LogP contribution in [0.5, 0.6) is 0 Å². The standard InChI is InChI=1S/C17H23NO2/c1-17-8-4-2-3-5-14(16(17)18-20)10-13-7-6-12(11-19)9-15(13)17/h6-7,9,14,19-20H,2-5,8,10-11H2,1H3/b18-16-/t14-,17+/m0/s1. The first-order valence-corrected chi connectivity index (χ1v) is 7.64. The molecule has 1 fully saturated rings. The molecule has 1 aromatic carbocycles. The summed E-state index contributed by atoms with van der Waals surface area (Å²) in [5.41, 5.74) is 4.36. The molecule has 3 heteroatoms. The topological polar surface area (TPSA) is 52.8 Å². The zero-order valence-corrected chi connectivity index (χ0v) is 12.1. The monoisotopic (exact) mass is 273 g/mol. The van der Waals surface area contributed by atoms with Gasteiger partial charge in [-0.3, -0.25) is 0 Å². The van der Waals surface area contributed by atoms with E-state index >= 15 is 0 Å². The second-order valence-electron chi connectivity index (χ2n) is 6.47. The molecule has 0 heterocycles. The Kier molecular flexibility index (Phi) is 3.55. The highest BCUT2D eigenvalue weighted by Gasteiger charge is 2.43. The van der Waals surface area contributed by atoms with Crippen molar-refractivity contribution < 1.29 is 10.3 Å². The summed E-state index contributed by atoms with van der Waals surface area (Å²) in [7, 11) is 0. The molecule has 0 saturated heterocycles. The smallest absolute Gasteiger partial charge is 0.0707 e. The second-order valence-corrected chi connectivity index (χ2v) is 6.47. The quantitative estimate of drug-likeness (QED) is 0.608. The summed E-state index contributed by atoms with van der Waals surface area (Å²) in [6.07, 6.45) is 6.78. The predicted octanol–water partition coefficient (Wildman–Crippen LogP) is 3.40. The Balaban J connectivity index is 2.16. The molecule has 2 bridgehead atoms. The van der Waals surface area contributed by atoms with E-state index in [1.54, 1.807) is 0 Å². The van der Waals surface area contributed by atoms with Crippen LogP contribution in [0.1, 0.15) is 55.7 Å². The van der Waals surface area contributed by atoms with Crippen LogP contribution < -0.4 is 0 Å². The third-order valence-electron chi connectivity index (χ3n) is 5.21. The molecule has 108 valence electrons. The van der Waals surface area contributed by atoms with Crippen molar-refractivity contribution in [3.8, 4) is 0 Å². The van der Waals surface area contributed by atoms with Gasteiger partial charge in [-0.05, 0) is 36.0 Å². The highest BCUT2D eigenvalue weighted by molar-refractivity contribution is 5.98. The highest BCUT2D eigenvalue weighted by Crippen LogP contribution is 2.44. The third-order valence-corrected chi connectivity index (χ3v) is 5.21. The number of benzene rings is 1. The highest BCUT2D eigenvalue weighted by atomic mass is 16.4. The van der Waals surface area contributed by atoms with Crippen molar-refractivity contribution in [2.45, 2.75) is 57.5 Å². The van der Waals surface area contributed by atoms with Gasteiger partial charge in [0.05, 0.1) is 12.3 Å². The number of aliphatic hydroxyl groups excluding tert-OH is 1. The van der Waals surface area contributed by atoms with Gasteiger partial charge in [-0.25, -0.2) is 0 Å². The summed E-state index contributed by atoms with van der Waals surface area (Å²) >= 11 is 0. The Bertz CT molecular complexity index is 538. The second kappa shape index (κ2) is 5.21. The molecule has 2 aliphatic carbocycles. The molecule has 1 aromatic rings. The lowest BCUT2D eigenvalue weighted by molar-refractivity contribution is 0.281. The van der Waals surface area contributed by atoms with Crippen LogP contribution in [0, 0.1) is 5.92 Å². The van der Waals surface area contributed by atoms with Crippen LogP contribution in [0.25, 0.3) is 0 Å². The summed E-state index contributed by atoms with van der Waals surface area (Å²) in [5, 5.41) is 22.7. The number of nitrogens with zero attached hydrogens (tertiary/aromatic N) is 1. The van der Waals surface area contributed by atoms with Gasteiger partial charge in [-0.1, -0.05) is 49.5 Å². The average Bonchev–Trinajstić information content (AvgIpc) is 2.45. The van der Waals surface area contributed by atoms with Crippen LogP contribution in [0.15, 0.2) is 23.4 Å². The normalized spacial score (nSPS) is 31.5. The number of aliphatic hydroxyl groups is 1. The van der Waals surface area contributed by atoms with Crippen LogP contribution in [0.4, 0.5) is 0 Å². The molecule has 1 saturated carbocycles. The molecular formula is C17H23NO2. The summed E-state index contributed by atoms with van der Waals surface area (Å²) in [4.78, 5) is 0. The molecule has 0 unspecified atom stereocenters. The Hall–Kier alpha value is -1.35. The van der Waals surface area contributed by atoms with Crippen molar-refractivity contribution in [1.29, 1.82) is 0 Å². The lowest BCUT2D eigenvalue weighted by Gasteiger charge is -2.42. The lowest BCUT2D eigenvalue weighted by Crippen LogP contribution is -2.44. The average molecular weight is 273 g/mol. The molecular weight excluding hydrogens is 250 g/mol. The van der Waals surface area contributed by atoms with Crippen LogP contribution in [0.2, 0.25) is 0 Å². The van der Waals surface area contributed by atoms with Gasteiger partial charge in [-0.15, -0.1) is 0 Å². The van der Waals surface area contributed by atoms with E-state index in [0.717, 1.165) is 30.5 Å². The van der Waals surface area contributed by atoms with Crippen LogP contribution in [-0.4, -0.2) is 16.0 Å². The lowest BCUT2D eigenvalue weighted by atomic mass is 9.61. The van der Waals surface area contributed by atoms with Crippen LogP contribution in [-0.2, 0) is 18.4 Å². The fraction of sp³-hybridized carbons (Fsp3) is 0.588. The SMILES string of the molecule is C[C@@]12CCCCC[C@@H](Cc3ccc(CO)cc31)/C2=N/O. The van der Waals surface area contributed by atoms with Crippen LogP contribution >= 0.6 is 0 Å². The Labute approximate surface area is 120 Å². The molecule has 3 rings (SSSR count). The van der Waals surface area contributed by atoms with Gasteiger partial charge in [0.2, 0.25) is 0 Å². The van der Waals surface area contributed by atoms with Crippen molar-refractivity contribution in [1.82, 2.24) is 0 Å². The van der Waals surface area contributed by atoms with Gasteiger partial charge in [0.25, 0.3) is 0 Å². The number of hydrogen-bond donors (Lipinski definition) is 2. The van der Waals surface area contributed by atoms with Crippen LogP contribution in [0.3, 0.4) is 0 Å². The zero-order valence-electron chi connectivity index (χ0n) is 12.1. The number of fused-ring (bicyclic) bond motifs is 4. The largest absolute Gasteiger partial charge is 0.411 e. The molecule has 3 nitrogen and oxygen atoms in total. The first-order chi connectivity index (χ1) is 9.69. The zero-order chi connectivity index (χ0) is 14.2. The summed E-state index contributed by atoms with van der Waals surface area (Å²) < 4.78 is 0.